The van der Waals surface area contributed by atoms with Crippen molar-refractivity contribution in [3.63, 3.8) is 0 Å². The predicted molar refractivity (Wildman–Crippen MR) is 125 cm³/mol. The first-order valence-electron chi connectivity index (χ1n) is 10.6. The summed E-state index contributed by atoms with van der Waals surface area (Å²) in [4.78, 5) is 26.3. The molecule has 1 amide bonds. The molecule has 3 aromatic carbocycles. The molecule has 1 atom stereocenters. The Labute approximate surface area is 197 Å². The Hall–Kier alpha value is -3.72. The van der Waals surface area contributed by atoms with Crippen molar-refractivity contribution in [3.05, 3.63) is 89.7 Å². The van der Waals surface area contributed by atoms with Crippen LogP contribution in [0.1, 0.15) is 16.4 Å². The van der Waals surface area contributed by atoms with Crippen molar-refractivity contribution in [1.82, 2.24) is 5.32 Å². The fourth-order valence-electron chi connectivity index (χ4n) is 3.80. The van der Waals surface area contributed by atoms with Crippen LogP contribution in [-0.4, -0.2) is 39.9 Å². The van der Waals surface area contributed by atoms with Crippen LogP contribution < -0.4 is 15.0 Å². The van der Waals surface area contributed by atoms with Crippen molar-refractivity contribution >= 4 is 27.4 Å². The van der Waals surface area contributed by atoms with Crippen LogP contribution in [0.5, 0.6) is 5.75 Å². The fraction of sp³-hybridized carbons (Fsp3) is 0.200. The third-order valence-electron chi connectivity index (χ3n) is 5.51. The minimum absolute atomic E-state index is 0.0415. The van der Waals surface area contributed by atoms with Gasteiger partial charge in [-0.15, -0.1) is 0 Å². The first-order valence-corrected chi connectivity index (χ1v) is 12.2. The number of fused-ring (bicyclic) bond motifs is 1. The molecule has 1 unspecified atom stereocenters. The molecule has 176 valence electrons. The van der Waals surface area contributed by atoms with E-state index in [2.05, 4.69) is 5.32 Å². The van der Waals surface area contributed by atoms with Gasteiger partial charge in [-0.2, -0.15) is 0 Å². The number of amides is 1. The molecule has 1 aliphatic rings. The van der Waals surface area contributed by atoms with E-state index in [-0.39, 0.29) is 24.5 Å². The molecule has 0 saturated heterocycles. The Balaban J connectivity index is 1.53. The molecule has 1 aliphatic heterocycles. The minimum Gasteiger partial charge on any atom is -0.423 e. The summed E-state index contributed by atoms with van der Waals surface area (Å²) < 4.78 is 45.3. The number of hydrogen-bond acceptors (Lipinski definition) is 6. The minimum atomic E-state index is -3.93. The normalized spacial score (nSPS) is 14.2. The summed E-state index contributed by atoms with van der Waals surface area (Å²) >= 11 is 0. The van der Waals surface area contributed by atoms with E-state index in [1.807, 2.05) is 13.0 Å². The van der Waals surface area contributed by atoms with Crippen molar-refractivity contribution in [2.24, 2.45) is 0 Å². The zero-order chi connectivity index (χ0) is 24.3. The SMILES string of the molecule is Cc1ccc2c(c1)N(CC(=O)NCC(c1ccccc1)S(=O)(=O)c1ccc(F)cc1)CC(=O)O2. The Morgan fingerprint density at radius 3 is 2.50 bits per heavy atom. The summed E-state index contributed by atoms with van der Waals surface area (Å²) in [6.45, 7) is 1.45. The Kier molecular flexibility index (Phi) is 6.65. The molecule has 4 rings (SSSR count). The topological polar surface area (TPSA) is 92.8 Å². The number of carbonyl (C=O) groups excluding carboxylic acids is 2. The number of halogens is 1. The second-order valence-corrected chi connectivity index (χ2v) is 10.1. The van der Waals surface area contributed by atoms with Crippen LogP contribution in [0.2, 0.25) is 0 Å². The molecule has 34 heavy (non-hydrogen) atoms. The Bertz CT molecular complexity index is 1310. The molecule has 0 spiro atoms. The van der Waals surface area contributed by atoms with Gasteiger partial charge in [-0.25, -0.2) is 17.6 Å². The molecule has 3 aromatic rings. The highest BCUT2D eigenvalue weighted by Gasteiger charge is 2.31. The molecule has 0 saturated carbocycles. The van der Waals surface area contributed by atoms with Gasteiger partial charge in [0, 0.05) is 6.54 Å². The van der Waals surface area contributed by atoms with E-state index in [9.17, 15) is 22.4 Å². The van der Waals surface area contributed by atoms with Gasteiger partial charge in [0.05, 0.1) is 17.1 Å². The second kappa shape index (κ2) is 9.64. The van der Waals surface area contributed by atoms with Crippen molar-refractivity contribution in [2.75, 3.05) is 24.5 Å². The zero-order valence-electron chi connectivity index (χ0n) is 18.4. The smallest absolute Gasteiger partial charge is 0.331 e. The fourth-order valence-corrected chi connectivity index (χ4v) is 5.46. The van der Waals surface area contributed by atoms with Gasteiger partial charge in [0.1, 0.15) is 17.6 Å². The molecule has 1 N–H and O–H groups in total. The second-order valence-electron chi connectivity index (χ2n) is 8.00. The number of sulfone groups is 1. The van der Waals surface area contributed by atoms with Crippen LogP contribution in [-0.2, 0) is 19.4 Å². The number of hydrogen-bond donors (Lipinski definition) is 1. The molecule has 9 heteroatoms. The van der Waals surface area contributed by atoms with Gasteiger partial charge in [-0.05, 0) is 54.4 Å². The molecular weight excluding hydrogens is 459 g/mol. The van der Waals surface area contributed by atoms with Crippen molar-refractivity contribution in [1.29, 1.82) is 0 Å². The highest BCUT2D eigenvalue weighted by atomic mass is 32.2. The van der Waals surface area contributed by atoms with Crippen LogP contribution in [0.15, 0.2) is 77.7 Å². The molecule has 0 aromatic heterocycles. The van der Waals surface area contributed by atoms with Gasteiger partial charge in [-0.3, -0.25) is 4.79 Å². The number of ether oxygens (including phenoxy) is 1. The number of carbonyl (C=O) groups is 2. The maximum Gasteiger partial charge on any atom is 0.331 e. The standard InChI is InChI=1S/C25H23FN2O5S/c1-17-7-12-22-21(13-17)28(16-25(30)33-22)15-24(29)27-14-23(18-5-3-2-4-6-18)34(31,32)20-10-8-19(26)9-11-20/h2-13,23H,14-16H2,1H3,(H,27,29). The van der Waals surface area contributed by atoms with E-state index in [1.165, 1.54) is 12.1 Å². The summed E-state index contributed by atoms with van der Waals surface area (Å²) in [7, 11) is -3.93. The van der Waals surface area contributed by atoms with Crippen molar-refractivity contribution in [2.45, 2.75) is 17.1 Å². The summed E-state index contributed by atoms with van der Waals surface area (Å²) in [6, 6.07) is 18.4. The molecule has 0 bridgehead atoms. The summed E-state index contributed by atoms with van der Waals surface area (Å²) in [5, 5.41) is 1.61. The van der Waals surface area contributed by atoms with Crippen LogP contribution in [0.3, 0.4) is 0 Å². The van der Waals surface area contributed by atoms with Gasteiger partial charge in [-0.1, -0.05) is 36.4 Å². The molecule has 0 fully saturated rings. The van der Waals surface area contributed by atoms with Gasteiger partial charge in [0.25, 0.3) is 0 Å². The highest BCUT2D eigenvalue weighted by Crippen LogP contribution is 2.33. The average molecular weight is 483 g/mol. The van der Waals surface area contributed by atoms with Crippen LogP contribution in [0.4, 0.5) is 10.1 Å². The number of esters is 1. The van der Waals surface area contributed by atoms with E-state index in [4.69, 9.17) is 4.74 Å². The Morgan fingerprint density at radius 2 is 1.79 bits per heavy atom. The Morgan fingerprint density at radius 1 is 1.09 bits per heavy atom. The van der Waals surface area contributed by atoms with Crippen molar-refractivity contribution < 1.29 is 27.1 Å². The third kappa shape index (κ3) is 5.09. The number of nitrogens with zero attached hydrogens (tertiary/aromatic N) is 1. The summed E-state index contributed by atoms with van der Waals surface area (Å²) in [6.07, 6.45) is 0. The number of anilines is 1. The lowest BCUT2D eigenvalue weighted by Crippen LogP contribution is -2.44. The van der Waals surface area contributed by atoms with Crippen LogP contribution in [0.25, 0.3) is 0 Å². The molecular formula is C25H23FN2O5S. The van der Waals surface area contributed by atoms with Gasteiger partial charge in [0.2, 0.25) is 5.91 Å². The maximum atomic E-state index is 13.3. The molecule has 0 radical (unpaired) electrons. The maximum absolute atomic E-state index is 13.3. The van der Waals surface area contributed by atoms with E-state index in [1.54, 1.807) is 47.4 Å². The summed E-state index contributed by atoms with van der Waals surface area (Å²) in [5.74, 6) is -1.10. The van der Waals surface area contributed by atoms with E-state index >= 15 is 0 Å². The number of nitrogens with one attached hydrogen (secondary N) is 1. The predicted octanol–water partition coefficient (Wildman–Crippen LogP) is 3.19. The largest absolute Gasteiger partial charge is 0.423 e. The average Bonchev–Trinajstić information content (AvgIpc) is 2.80. The van der Waals surface area contributed by atoms with Gasteiger partial charge >= 0.3 is 5.97 Å². The van der Waals surface area contributed by atoms with Gasteiger partial charge < -0.3 is 15.0 Å². The monoisotopic (exact) mass is 482 g/mol. The quantitative estimate of drug-likeness (QED) is 0.316. The van der Waals surface area contributed by atoms with Crippen molar-refractivity contribution in [3.8, 4) is 5.75 Å². The molecule has 7 nitrogen and oxygen atoms in total. The lowest BCUT2D eigenvalue weighted by Gasteiger charge is -2.29. The first-order chi connectivity index (χ1) is 16.2. The number of rotatable bonds is 7. The first kappa shape index (κ1) is 23.4. The zero-order valence-corrected chi connectivity index (χ0v) is 19.2. The number of benzene rings is 3. The number of aryl methyl sites for hydroxylation is 1. The highest BCUT2D eigenvalue weighted by molar-refractivity contribution is 7.91. The lowest BCUT2D eigenvalue weighted by atomic mass is 10.1. The van der Waals surface area contributed by atoms with E-state index in [0.29, 0.717) is 17.0 Å². The van der Waals surface area contributed by atoms with Crippen LogP contribution in [0, 0.1) is 12.7 Å². The van der Waals surface area contributed by atoms with E-state index < -0.39 is 32.8 Å². The lowest BCUT2D eigenvalue weighted by molar-refractivity contribution is -0.133. The van der Waals surface area contributed by atoms with Gasteiger partial charge in [0.15, 0.2) is 15.6 Å². The summed E-state index contributed by atoms with van der Waals surface area (Å²) in [5.41, 5.74) is 2.06. The van der Waals surface area contributed by atoms with Crippen LogP contribution >= 0.6 is 0 Å². The van der Waals surface area contributed by atoms with E-state index in [0.717, 1.165) is 17.7 Å². The third-order valence-corrected chi connectivity index (χ3v) is 7.62. The molecule has 1 heterocycles. The molecule has 0 aliphatic carbocycles.